The quantitative estimate of drug-likeness (QED) is 0.0490. The molecule has 0 bridgehead atoms. The molecule has 2 aliphatic rings. The van der Waals surface area contributed by atoms with E-state index in [1.54, 1.807) is 0 Å². The number of alkyl halides is 3. The SMILES string of the molecule is CC(C)N1CCN(CCc2cc(CCN3CCN(C(C)C)CCN(C(C)C)CC3)[n-]n2)CCN(C(C)C)CC1.CCC#N.O=S(=O)([O-])C(F)(F)F.[Cu+2].[Cu+2].[O-]O.c1ccc([B-](c2ccccc2)(c2ccccc2)c2ccccc2)cc1. The van der Waals surface area contributed by atoms with E-state index < -0.39 is 21.8 Å². The molecule has 1 N–H and O–H groups in total. The van der Waals surface area contributed by atoms with E-state index in [-0.39, 0.29) is 34.1 Å². The number of hydrogen-bond acceptors (Lipinski definition) is 13. The molecule has 1 aromatic heterocycles. The van der Waals surface area contributed by atoms with Gasteiger partial charge in [-0.2, -0.15) is 40.3 Å². The molecule has 4 aromatic carbocycles. The van der Waals surface area contributed by atoms with Gasteiger partial charge in [-0.15, -0.1) is 5.69 Å². The van der Waals surface area contributed by atoms with Crippen LogP contribution < -0.4 is 32.2 Å². The second-order valence-electron chi connectivity index (χ2n) is 20.9. The van der Waals surface area contributed by atoms with E-state index in [0.29, 0.717) is 30.6 Å². The third-order valence-electron chi connectivity index (χ3n) is 14.7. The number of nitriles is 1. The number of hydrogen-bond donors (Lipinski definition) is 1. The Hall–Kier alpha value is -3.94. The Kier molecular flexibility index (Phi) is 35.9. The van der Waals surface area contributed by atoms with E-state index in [1.165, 1.54) is 48.0 Å². The Morgan fingerprint density at radius 2 is 0.812 bits per heavy atom. The topological polar surface area (TPSA) is 171 Å². The smallest absolute Gasteiger partial charge is 0.741 e. The number of halogens is 3. The maximum absolute atomic E-state index is 10.7. The zero-order valence-electron chi connectivity index (χ0n) is 48.3. The summed E-state index contributed by atoms with van der Waals surface area (Å²) in [6.07, 6.45) is 1.40. The largest absolute Gasteiger partial charge is 2.00 e. The van der Waals surface area contributed by atoms with Gasteiger partial charge in [0, 0.05) is 134 Å². The van der Waals surface area contributed by atoms with Crippen molar-refractivity contribution in [1.29, 1.82) is 5.26 Å². The molecule has 0 aliphatic carbocycles. The molecular weight excluding hydrogens is 1140 g/mol. The maximum atomic E-state index is 10.7. The van der Waals surface area contributed by atoms with Crippen molar-refractivity contribution >= 4 is 38.1 Å². The van der Waals surface area contributed by atoms with Gasteiger partial charge in [-0.25, -0.2) is 8.42 Å². The van der Waals surface area contributed by atoms with Crippen LogP contribution in [0.5, 0.6) is 0 Å². The molecule has 0 atom stereocenters. The Bertz CT molecular complexity index is 2250. The fourth-order valence-corrected chi connectivity index (χ4v) is 10.1. The monoisotopic (exact) mass is 1230 g/mol. The molecular formula is C59H87BCu2F3N9O5S. The number of nitrogens with zero attached hydrogens (tertiary/aromatic N) is 9. The van der Waals surface area contributed by atoms with Gasteiger partial charge in [-0.1, -0.05) is 134 Å². The summed E-state index contributed by atoms with van der Waals surface area (Å²) in [6.45, 7) is 36.5. The van der Waals surface area contributed by atoms with Gasteiger partial charge in [0.05, 0.1) is 6.07 Å². The first-order valence-corrected chi connectivity index (χ1v) is 29.0. The summed E-state index contributed by atoms with van der Waals surface area (Å²) in [5, 5.41) is 29.8. The second-order valence-corrected chi connectivity index (χ2v) is 22.3. The van der Waals surface area contributed by atoms with Crippen molar-refractivity contribution in [2.45, 2.75) is 111 Å². The first kappa shape index (κ1) is 74.1. The first-order chi connectivity index (χ1) is 37.2. The molecule has 2 fully saturated rings. The van der Waals surface area contributed by atoms with Gasteiger partial charge < -0.3 is 35.1 Å². The van der Waals surface area contributed by atoms with Crippen molar-refractivity contribution in [1.82, 2.24) is 39.6 Å². The summed E-state index contributed by atoms with van der Waals surface area (Å²) >= 11 is 0. The molecule has 14 nitrogen and oxygen atoms in total. The van der Waals surface area contributed by atoms with Gasteiger partial charge in [-0.05, 0) is 61.8 Å². The number of benzene rings is 4. The summed E-state index contributed by atoms with van der Waals surface area (Å²) in [4.78, 5) is 15.9. The molecule has 0 saturated carbocycles. The van der Waals surface area contributed by atoms with E-state index in [1.807, 2.05) is 13.0 Å². The second kappa shape index (κ2) is 38.8. The fraction of sp³-hybridized carbons (Fsp3) is 0.525. The van der Waals surface area contributed by atoms with Gasteiger partial charge >= 0.3 is 39.6 Å². The van der Waals surface area contributed by atoms with E-state index >= 15 is 0 Å². The first-order valence-electron chi connectivity index (χ1n) is 27.5. The summed E-state index contributed by atoms with van der Waals surface area (Å²) in [5.74, 6) is 0. The van der Waals surface area contributed by atoms with E-state index in [2.05, 4.69) is 222 Å². The van der Waals surface area contributed by atoms with Gasteiger partial charge in [-0.3, -0.25) is 19.6 Å². The minimum Gasteiger partial charge on any atom is -0.741 e. The molecule has 450 valence electrons. The van der Waals surface area contributed by atoms with Gasteiger partial charge in [0.25, 0.3) is 0 Å². The van der Waals surface area contributed by atoms with Gasteiger partial charge in [0.15, 0.2) is 10.1 Å². The standard InChI is InChI=1S/C31H61N8.C24H20B.C3H5N.CHF3O3S.2Cu.H2O2/c1-26(2)36-17-13-34(14-18-37(22-21-36)27(3)4)11-9-30-25-31(33-32-30)10-12-35-15-19-38(28(5)6)23-24-39(20-16-35)29(7)8;1-5-13-21(14-6-1)25(22-15-7-2-8-16-22,23-17-9-3-10-18-23)24-19-11-4-12-20-24;1-2-3-4;2-1(3,4)8(5,6)7;;;1-2/h25-29H,9-24H2,1-8H3;1-20H;2H2,1H3;(H,5,6,7);;;1-2H/q2*-1;;;2*+2;/p-2. The molecule has 5 aromatic rings. The zero-order valence-corrected chi connectivity index (χ0v) is 51.0. The summed E-state index contributed by atoms with van der Waals surface area (Å²) in [6, 6.07) is 50.1. The van der Waals surface area contributed by atoms with Gasteiger partial charge in [0.1, 0.15) is 6.15 Å². The van der Waals surface area contributed by atoms with Crippen LogP contribution in [0.1, 0.15) is 80.1 Å². The van der Waals surface area contributed by atoms with Crippen LogP contribution in [0.4, 0.5) is 13.2 Å². The average Bonchev–Trinajstić information content (AvgIpc) is 4.02. The van der Waals surface area contributed by atoms with Crippen molar-refractivity contribution < 1.29 is 70.8 Å². The molecule has 80 heavy (non-hydrogen) atoms. The molecule has 2 saturated heterocycles. The summed E-state index contributed by atoms with van der Waals surface area (Å²) in [7, 11) is -6.09. The van der Waals surface area contributed by atoms with Crippen molar-refractivity contribution in [2.24, 2.45) is 0 Å². The van der Waals surface area contributed by atoms with Gasteiger partial charge in [0.2, 0.25) is 0 Å². The summed E-state index contributed by atoms with van der Waals surface area (Å²) in [5.41, 5.74) is 2.03. The van der Waals surface area contributed by atoms with Crippen LogP contribution in [-0.4, -0.2) is 180 Å². The molecule has 0 unspecified atom stereocenters. The van der Waals surface area contributed by atoms with Crippen LogP contribution in [0.25, 0.3) is 0 Å². The van der Waals surface area contributed by atoms with Crippen LogP contribution in [0.3, 0.4) is 0 Å². The van der Waals surface area contributed by atoms with Crippen LogP contribution in [0, 0.1) is 11.3 Å². The molecule has 2 radical (unpaired) electrons. The average molecular weight is 1230 g/mol. The minimum atomic E-state index is -6.09. The maximum Gasteiger partial charge on any atom is 2.00 e. The van der Waals surface area contributed by atoms with E-state index in [0.717, 1.165) is 89.7 Å². The van der Waals surface area contributed by atoms with Crippen LogP contribution in [0.15, 0.2) is 127 Å². The minimum absolute atomic E-state index is 0. The Labute approximate surface area is 498 Å². The summed E-state index contributed by atoms with van der Waals surface area (Å²) < 4.78 is 58.9. The molecule has 3 heterocycles. The predicted molar refractivity (Wildman–Crippen MR) is 309 cm³/mol. The molecule has 0 spiro atoms. The number of rotatable bonds is 14. The fourth-order valence-electron chi connectivity index (χ4n) is 10.1. The molecule has 2 aliphatic heterocycles. The molecule has 7 rings (SSSR count). The van der Waals surface area contributed by atoms with Crippen molar-refractivity contribution in [3.63, 3.8) is 0 Å². The third kappa shape index (κ3) is 24.5. The normalized spacial score (nSPS) is 15.9. The van der Waals surface area contributed by atoms with E-state index in [9.17, 15) is 13.2 Å². The molecule has 0 amide bonds. The van der Waals surface area contributed by atoms with Crippen LogP contribution in [0.2, 0.25) is 0 Å². The third-order valence-corrected chi connectivity index (χ3v) is 15.3. The van der Waals surface area contributed by atoms with Crippen molar-refractivity contribution in [3.8, 4) is 6.07 Å². The van der Waals surface area contributed by atoms with E-state index in [4.69, 9.17) is 28.7 Å². The van der Waals surface area contributed by atoms with Crippen LogP contribution in [-0.2, 0) is 57.1 Å². The Morgan fingerprint density at radius 1 is 0.562 bits per heavy atom. The van der Waals surface area contributed by atoms with Crippen molar-refractivity contribution in [2.75, 3.05) is 91.6 Å². The van der Waals surface area contributed by atoms with Crippen LogP contribution >= 0.6 is 0 Å². The molecule has 21 heteroatoms. The Balaban J connectivity index is 0.000000663. The number of aromatic nitrogens is 2. The Morgan fingerprint density at radius 3 is 1.05 bits per heavy atom. The zero-order chi connectivity index (χ0) is 57.7. The predicted octanol–water partition coefficient (Wildman–Crippen LogP) is 5.45. The van der Waals surface area contributed by atoms with Crippen molar-refractivity contribution in [3.05, 3.63) is 139 Å².